The standard InChI is InChI=1S/C14H30N2O/c1-4-14-6-9-16(8-5-7-15-14)10-11-17-12-13(2)3/h13-15H,4-12H2,1-3H3. The van der Waals surface area contributed by atoms with E-state index in [4.69, 9.17) is 4.74 Å². The van der Waals surface area contributed by atoms with Crippen LogP contribution in [-0.2, 0) is 4.74 Å². The molecule has 0 bridgehead atoms. The van der Waals surface area contributed by atoms with Crippen LogP contribution in [0, 0.1) is 5.92 Å². The van der Waals surface area contributed by atoms with Gasteiger partial charge in [-0.3, -0.25) is 0 Å². The molecule has 3 nitrogen and oxygen atoms in total. The molecule has 1 heterocycles. The molecule has 1 rings (SSSR count). The molecule has 0 aromatic heterocycles. The fraction of sp³-hybridized carbons (Fsp3) is 1.00. The smallest absolute Gasteiger partial charge is 0.0593 e. The molecule has 1 fully saturated rings. The fourth-order valence-corrected chi connectivity index (χ4v) is 2.25. The summed E-state index contributed by atoms with van der Waals surface area (Å²) in [6, 6.07) is 0.717. The second kappa shape index (κ2) is 8.90. The molecule has 0 saturated carbocycles. The van der Waals surface area contributed by atoms with E-state index in [2.05, 4.69) is 31.0 Å². The van der Waals surface area contributed by atoms with E-state index in [1.807, 2.05) is 0 Å². The van der Waals surface area contributed by atoms with Gasteiger partial charge in [-0.05, 0) is 44.8 Å². The first kappa shape index (κ1) is 14.9. The second-order valence-electron chi connectivity index (χ2n) is 5.51. The number of hydrogen-bond donors (Lipinski definition) is 1. The van der Waals surface area contributed by atoms with Crippen molar-refractivity contribution in [3.8, 4) is 0 Å². The third-order valence-electron chi connectivity index (χ3n) is 3.37. The third-order valence-corrected chi connectivity index (χ3v) is 3.37. The van der Waals surface area contributed by atoms with Gasteiger partial charge < -0.3 is 15.0 Å². The lowest BCUT2D eigenvalue weighted by atomic mass is 10.1. The van der Waals surface area contributed by atoms with Gasteiger partial charge in [-0.1, -0.05) is 20.8 Å². The Kier molecular flexibility index (Phi) is 7.82. The number of ether oxygens (including phenoxy) is 1. The summed E-state index contributed by atoms with van der Waals surface area (Å²) in [7, 11) is 0. The summed E-state index contributed by atoms with van der Waals surface area (Å²) >= 11 is 0. The first-order valence-electron chi connectivity index (χ1n) is 7.25. The normalized spacial score (nSPS) is 23.6. The summed E-state index contributed by atoms with van der Waals surface area (Å²) in [6.45, 7) is 13.2. The fourth-order valence-electron chi connectivity index (χ4n) is 2.25. The Morgan fingerprint density at radius 2 is 2.18 bits per heavy atom. The molecule has 102 valence electrons. The molecule has 17 heavy (non-hydrogen) atoms. The van der Waals surface area contributed by atoms with E-state index in [0.29, 0.717) is 5.92 Å². The van der Waals surface area contributed by atoms with Crippen LogP contribution in [0.2, 0.25) is 0 Å². The minimum Gasteiger partial charge on any atom is -0.380 e. The number of nitrogens with zero attached hydrogens (tertiary/aromatic N) is 1. The molecule has 1 unspecified atom stereocenters. The second-order valence-corrected chi connectivity index (χ2v) is 5.51. The number of nitrogens with one attached hydrogen (secondary N) is 1. The summed E-state index contributed by atoms with van der Waals surface area (Å²) in [5, 5.41) is 3.62. The van der Waals surface area contributed by atoms with Crippen LogP contribution in [0.5, 0.6) is 0 Å². The van der Waals surface area contributed by atoms with Gasteiger partial charge in [-0.2, -0.15) is 0 Å². The highest BCUT2D eigenvalue weighted by atomic mass is 16.5. The SMILES string of the molecule is CCC1CCN(CCOCC(C)C)CCCN1. The Hall–Kier alpha value is -0.120. The van der Waals surface area contributed by atoms with Gasteiger partial charge in [0.25, 0.3) is 0 Å². The first-order valence-corrected chi connectivity index (χ1v) is 7.25. The zero-order valence-corrected chi connectivity index (χ0v) is 11.9. The molecule has 0 radical (unpaired) electrons. The largest absolute Gasteiger partial charge is 0.380 e. The molecule has 3 heteroatoms. The highest BCUT2D eigenvalue weighted by Gasteiger charge is 2.13. The van der Waals surface area contributed by atoms with Crippen LogP contribution in [0.3, 0.4) is 0 Å². The molecule has 1 N–H and O–H groups in total. The highest BCUT2D eigenvalue weighted by molar-refractivity contribution is 4.72. The third kappa shape index (κ3) is 7.02. The molecular formula is C14H30N2O. The monoisotopic (exact) mass is 242 g/mol. The quantitative estimate of drug-likeness (QED) is 0.722. The van der Waals surface area contributed by atoms with Crippen molar-refractivity contribution in [2.45, 2.75) is 46.1 Å². The average Bonchev–Trinajstić information content (AvgIpc) is 2.27. The topological polar surface area (TPSA) is 24.5 Å². The van der Waals surface area contributed by atoms with Gasteiger partial charge in [-0.25, -0.2) is 0 Å². The molecule has 0 amide bonds. The molecular weight excluding hydrogens is 212 g/mol. The lowest BCUT2D eigenvalue weighted by Gasteiger charge is -2.28. The van der Waals surface area contributed by atoms with Crippen molar-refractivity contribution < 1.29 is 4.74 Å². The first-order chi connectivity index (χ1) is 8.22. The average molecular weight is 242 g/mol. The molecule has 0 aromatic carbocycles. The zero-order chi connectivity index (χ0) is 12.5. The maximum absolute atomic E-state index is 5.67. The van der Waals surface area contributed by atoms with Crippen LogP contribution >= 0.6 is 0 Å². The van der Waals surface area contributed by atoms with E-state index >= 15 is 0 Å². The van der Waals surface area contributed by atoms with E-state index in [-0.39, 0.29) is 0 Å². The summed E-state index contributed by atoms with van der Waals surface area (Å²) in [6.07, 6.45) is 3.79. The summed E-state index contributed by atoms with van der Waals surface area (Å²) in [5.74, 6) is 0.649. The van der Waals surface area contributed by atoms with E-state index in [1.54, 1.807) is 0 Å². The van der Waals surface area contributed by atoms with E-state index < -0.39 is 0 Å². The summed E-state index contributed by atoms with van der Waals surface area (Å²) < 4.78 is 5.67. The van der Waals surface area contributed by atoms with Crippen LogP contribution in [0.25, 0.3) is 0 Å². The van der Waals surface area contributed by atoms with Crippen LogP contribution in [0.15, 0.2) is 0 Å². The van der Waals surface area contributed by atoms with Gasteiger partial charge in [0.05, 0.1) is 6.61 Å². The van der Waals surface area contributed by atoms with E-state index in [0.717, 1.165) is 25.8 Å². The van der Waals surface area contributed by atoms with Crippen molar-refractivity contribution in [2.24, 2.45) is 5.92 Å². The molecule has 1 saturated heterocycles. The molecule has 1 aliphatic rings. The van der Waals surface area contributed by atoms with Gasteiger partial charge in [0.1, 0.15) is 0 Å². The van der Waals surface area contributed by atoms with Gasteiger partial charge in [0.2, 0.25) is 0 Å². The summed E-state index contributed by atoms with van der Waals surface area (Å²) in [4.78, 5) is 2.56. The molecule has 1 atom stereocenters. The van der Waals surface area contributed by atoms with Gasteiger partial charge in [0, 0.05) is 19.2 Å². The lowest BCUT2D eigenvalue weighted by Crippen LogP contribution is -2.40. The predicted molar refractivity (Wildman–Crippen MR) is 73.4 cm³/mol. The minimum absolute atomic E-state index is 0.649. The Morgan fingerprint density at radius 3 is 2.88 bits per heavy atom. The lowest BCUT2D eigenvalue weighted by molar-refractivity contribution is 0.0820. The van der Waals surface area contributed by atoms with Crippen molar-refractivity contribution in [1.82, 2.24) is 10.2 Å². The van der Waals surface area contributed by atoms with Gasteiger partial charge >= 0.3 is 0 Å². The van der Waals surface area contributed by atoms with Crippen molar-refractivity contribution in [2.75, 3.05) is 39.4 Å². The number of rotatable bonds is 6. The maximum atomic E-state index is 5.67. The van der Waals surface area contributed by atoms with Crippen LogP contribution in [0.1, 0.15) is 40.0 Å². The van der Waals surface area contributed by atoms with Crippen molar-refractivity contribution >= 4 is 0 Å². The Balaban J connectivity index is 2.13. The summed E-state index contributed by atoms with van der Waals surface area (Å²) in [5.41, 5.74) is 0. The molecule has 0 aliphatic carbocycles. The van der Waals surface area contributed by atoms with Gasteiger partial charge in [0.15, 0.2) is 0 Å². The van der Waals surface area contributed by atoms with Crippen LogP contribution in [-0.4, -0.2) is 50.3 Å². The maximum Gasteiger partial charge on any atom is 0.0593 e. The van der Waals surface area contributed by atoms with Crippen molar-refractivity contribution in [3.05, 3.63) is 0 Å². The highest BCUT2D eigenvalue weighted by Crippen LogP contribution is 2.05. The Bertz CT molecular complexity index is 185. The molecule has 0 spiro atoms. The van der Waals surface area contributed by atoms with Gasteiger partial charge in [-0.15, -0.1) is 0 Å². The predicted octanol–water partition coefficient (Wildman–Crippen LogP) is 2.12. The zero-order valence-electron chi connectivity index (χ0n) is 11.9. The Morgan fingerprint density at radius 1 is 1.35 bits per heavy atom. The van der Waals surface area contributed by atoms with Crippen LogP contribution in [0.4, 0.5) is 0 Å². The minimum atomic E-state index is 0.649. The number of hydrogen-bond acceptors (Lipinski definition) is 3. The van der Waals surface area contributed by atoms with Crippen molar-refractivity contribution in [3.63, 3.8) is 0 Å². The van der Waals surface area contributed by atoms with E-state index in [9.17, 15) is 0 Å². The molecule has 1 aliphatic heterocycles. The Labute approximate surface area is 107 Å². The van der Waals surface area contributed by atoms with Crippen molar-refractivity contribution in [1.29, 1.82) is 0 Å². The van der Waals surface area contributed by atoms with Crippen LogP contribution < -0.4 is 5.32 Å². The van der Waals surface area contributed by atoms with E-state index in [1.165, 1.54) is 38.9 Å². The molecule has 0 aromatic rings.